The van der Waals surface area contributed by atoms with Crippen LogP contribution in [0.3, 0.4) is 0 Å². The molecule has 4 rings (SSSR count). The lowest BCUT2D eigenvalue weighted by Crippen LogP contribution is -2.30. The number of pyridine rings is 1. The maximum Gasteiger partial charge on any atom is 0.490 e. The fraction of sp³-hybridized carbons (Fsp3) is 0.286. The third kappa shape index (κ3) is 6.29. The summed E-state index contributed by atoms with van der Waals surface area (Å²) in [5, 5.41) is 13.2. The number of carbonyl (C=O) groups excluding carboxylic acids is 1. The SMILES string of the molecule is O=C(Nc1cc(Cn2c(=O)[nH]c(=O)c3ccccc32)cnc1F)[C@H]1CCNC1.O=C(O)C(F)(F)F. The standard InChI is InChI=1S/C19H18FN5O3.C2HF3O2/c20-16-14(23-17(26)12-5-6-21-9-12)7-11(8-22-16)10-25-15-4-2-1-3-13(15)18(27)24-19(25)28;3-2(4,5)1(6)7/h1-4,7-8,12,21H,5-6,9-10H2,(H,23,26)(H,24,27,28);(H,6,7)/t12-;/m0./s1. The Morgan fingerprint density at radius 2 is 1.91 bits per heavy atom. The Balaban J connectivity index is 0.000000429. The predicted octanol–water partition coefficient (Wildman–Crippen LogP) is 1.45. The van der Waals surface area contributed by atoms with E-state index in [9.17, 15) is 31.9 Å². The summed E-state index contributed by atoms with van der Waals surface area (Å²) in [6.45, 7) is 1.37. The zero-order chi connectivity index (χ0) is 25.8. The smallest absolute Gasteiger partial charge is 0.475 e. The molecule has 1 atom stereocenters. The van der Waals surface area contributed by atoms with Crippen molar-refractivity contribution in [2.45, 2.75) is 19.1 Å². The van der Waals surface area contributed by atoms with Crippen molar-refractivity contribution in [3.05, 3.63) is 68.9 Å². The first-order valence-corrected chi connectivity index (χ1v) is 10.2. The van der Waals surface area contributed by atoms with E-state index in [0.29, 0.717) is 29.4 Å². The molecule has 0 bridgehead atoms. The Kier molecular flexibility index (Phi) is 7.64. The van der Waals surface area contributed by atoms with Crippen LogP contribution in [0, 0.1) is 11.9 Å². The van der Waals surface area contributed by atoms with Crippen LogP contribution in [0.15, 0.2) is 46.1 Å². The molecular weight excluding hydrogens is 478 g/mol. The van der Waals surface area contributed by atoms with Crippen molar-refractivity contribution in [2.75, 3.05) is 18.4 Å². The highest BCUT2D eigenvalue weighted by Crippen LogP contribution is 2.18. The summed E-state index contributed by atoms with van der Waals surface area (Å²) in [5.41, 5.74) is -0.0947. The van der Waals surface area contributed by atoms with Gasteiger partial charge in [-0.05, 0) is 36.7 Å². The van der Waals surface area contributed by atoms with Crippen molar-refractivity contribution < 1.29 is 32.3 Å². The van der Waals surface area contributed by atoms with Gasteiger partial charge in [-0.3, -0.25) is 19.1 Å². The Labute approximate surface area is 193 Å². The first kappa shape index (κ1) is 25.6. The Hall–Kier alpha value is -4.07. The zero-order valence-electron chi connectivity index (χ0n) is 17.9. The van der Waals surface area contributed by atoms with Crippen LogP contribution in [0.25, 0.3) is 10.9 Å². The summed E-state index contributed by atoms with van der Waals surface area (Å²) >= 11 is 0. The van der Waals surface area contributed by atoms with E-state index in [4.69, 9.17) is 9.90 Å². The number of carboxylic acid groups (broad SMARTS) is 1. The van der Waals surface area contributed by atoms with E-state index < -0.39 is 29.3 Å². The highest BCUT2D eigenvalue weighted by molar-refractivity contribution is 5.93. The van der Waals surface area contributed by atoms with Gasteiger partial charge in [0.05, 0.1) is 29.1 Å². The van der Waals surface area contributed by atoms with Gasteiger partial charge in [-0.1, -0.05) is 12.1 Å². The van der Waals surface area contributed by atoms with Crippen LogP contribution in [0.5, 0.6) is 0 Å². The minimum atomic E-state index is -5.08. The van der Waals surface area contributed by atoms with Gasteiger partial charge in [-0.25, -0.2) is 14.6 Å². The fourth-order valence-electron chi connectivity index (χ4n) is 3.36. The molecule has 1 aromatic carbocycles. The number of fused-ring (bicyclic) bond motifs is 1. The van der Waals surface area contributed by atoms with E-state index in [0.717, 1.165) is 6.54 Å². The second-order valence-electron chi connectivity index (χ2n) is 7.53. The Morgan fingerprint density at radius 3 is 2.54 bits per heavy atom. The number of carbonyl (C=O) groups is 2. The quantitative estimate of drug-likeness (QED) is 0.315. The summed E-state index contributed by atoms with van der Waals surface area (Å²) in [4.78, 5) is 51.4. The molecule has 3 aromatic rings. The summed E-state index contributed by atoms with van der Waals surface area (Å²) in [5.74, 6) is -4.03. The Morgan fingerprint density at radius 1 is 1.23 bits per heavy atom. The number of aliphatic carboxylic acids is 1. The van der Waals surface area contributed by atoms with Crippen LogP contribution in [0.2, 0.25) is 0 Å². The van der Waals surface area contributed by atoms with Gasteiger partial charge in [0, 0.05) is 12.7 Å². The second kappa shape index (κ2) is 10.5. The molecule has 0 radical (unpaired) electrons. The number of nitrogens with one attached hydrogen (secondary N) is 3. The average molecular weight is 497 g/mol. The molecule has 0 unspecified atom stereocenters. The molecule has 2 aromatic heterocycles. The fourth-order valence-corrected chi connectivity index (χ4v) is 3.36. The molecule has 1 fully saturated rings. The van der Waals surface area contributed by atoms with Crippen molar-refractivity contribution in [2.24, 2.45) is 5.92 Å². The highest BCUT2D eigenvalue weighted by Gasteiger charge is 2.38. The van der Waals surface area contributed by atoms with E-state index >= 15 is 0 Å². The number of nitrogens with zero attached hydrogens (tertiary/aromatic N) is 2. The molecule has 0 spiro atoms. The second-order valence-corrected chi connectivity index (χ2v) is 7.53. The number of hydrogen-bond donors (Lipinski definition) is 4. The molecule has 14 heteroatoms. The van der Waals surface area contributed by atoms with Gasteiger partial charge in [0.15, 0.2) is 0 Å². The van der Waals surface area contributed by atoms with Gasteiger partial charge in [0.1, 0.15) is 0 Å². The molecule has 1 aliphatic rings. The number of para-hydroxylation sites is 1. The van der Waals surface area contributed by atoms with Gasteiger partial charge in [-0.15, -0.1) is 0 Å². The van der Waals surface area contributed by atoms with Crippen LogP contribution in [-0.4, -0.2) is 50.8 Å². The molecule has 35 heavy (non-hydrogen) atoms. The van der Waals surface area contributed by atoms with Crippen molar-refractivity contribution in [1.82, 2.24) is 19.9 Å². The molecular formula is C21H19F4N5O5. The lowest BCUT2D eigenvalue weighted by Gasteiger charge is -2.13. The number of alkyl halides is 3. The summed E-state index contributed by atoms with van der Waals surface area (Å²) in [6.07, 6.45) is -3.09. The number of carboxylic acids is 1. The van der Waals surface area contributed by atoms with Gasteiger partial charge < -0.3 is 15.7 Å². The molecule has 3 heterocycles. The number of H-pyrrole nitrogens is 1. The van der Waals surface area contributed by atoms with Crippen LogP contribution < -0.4 is 21.9 Å². The molecule has 1 amide bonds. The molecule has 1 saturated heterocycles. The topological polar surface area (TPSA) is 146 Å². The van der Waals surface area contributed by atoms with Crippen molar-refractivity contribution in [1.29, 1.82) is 0 Å². The minimum absolute atomic E-state index is 0.0313. The molecule has 0 aliphatic carbocycles. The molecule has 10 nitrogen and oxygen atoms in total. The van der Waals surface area contributed by atoms with Crippen LogP contribution in [0.1, 0.15) is 12.0 Å². The van der Waals surface area contributed by atoms with E-state index in [1.165, 1.54) is 16.8 Å². The monoisotopic (exact) mass is 497 g/mol. The molecule has 4 N–H and O–H groups in total. The number of anilines is 1. The summed E-state index contributed by atoms with van der Waals surface area (Å²) < 4.78 is 47.2. The highest BCUT2D eigenvalue weighted by atomic mass is 19.4. The van der Waals surface area contributed by atoms with E-state index in [1.54, 1.807) is 24.3 Å². The third-order valence-electron chi connectivity index (χ3n) is 5.07. The van der Waals surface area contributed by atoms with Crippen molar-refractivity contribution >= 4 is 28.5 Å². The number of rotatable bonds is 4. The van der Waals surface area contributed by atoms with E-state index in [2.05, 4.69) is 20.6 Å². The van der Waals surface area contributed by atoms with Gasteiger partial charge >= 0.3 is 17.8 Å². The molecule has 1 aliphatic heterocycles. The van der Waals surface area contributed by atoms with Crippen LogP contribution in [0.4, 0.5) is 23.2 Å². The molecule has 186 valence electrons. The average Bonchev–Trinajstić information content (AvgIpc) is 3.34. The van der Waals surface area contributed by atoms with Gasteiger partial charge in [-0.2, -0.15) is 17.6 Å². The number of benzene rings is 1. The van der Waals surface area contributed by atoms with Gasteiger partial charge in [0.2, 0.25) is 11.9 Å². The largest absolute Gasteiger partial charge is 0.490 e. The predicted molar refractivity (Wildman–Crippen MR) is 115 cm³/mol. The Bertz CT molecular complexity index is 1360. The zero-order valence-corrected chi connectivity index (χ0v) is 17.9. The lowest BCUT2D eigenvalue weighted by atomic mass is 10.1. The number of halogens is 4. The van der Waals surface area contributed by atoms with E-state index in [1.807, 2.05) is 0 Å². The number of hydrogen-bond acceptors (Lipinski definition) is 6. The number of aromatic nitrogens is 3. The first-order valence-electron chi connectivity index (χ1n) is 10.2. The maximum absolute atomic E-state index is 14.1. The molecule has 0 saturated carbocycles. The summed E-state index contributed by atoms with van der Waals surface area (Å²) in [7, 11) is 0. The number of aromatic amines is 1. The lowest BCUT2D eigenvalue weighted by molar-refractivity contribution is -0.192. The first-order chi connectivity index (χ1) is 16.5. The van der Waals surface area contributed by atoms with E-state index in [-0.39, 0.29) is 24.1 Å². The minimum Gasteiger partial charge on any atom is -0.475 e. The van der Waals surface area contributed by atoms with Crippen molar-refractivity contribution in [3.8, 4) is 0 Å². The normalized spacial score (nSPS) is 15.4. The van der Waals surface area contributed by atoms with Crippen LogP contribution >= 0.6 is 0 Å². The van der Waals surface area contributed by atoms with Crippen LogP contribution in [-0.2, 0) is 16.1 Å². The maximum atomic E-state index is 14.1. The number of amides is 1. The summed E-state index contributed by atoms with van der Waals surface area (Å²) in [6, 6.07) is 8.17. The third-order valence-corrected chi connectivity index (χ3v) is 5.07. The van der Waals surface area contributed by atoms with Gasteiger partial charge in [0.25, 0.3) is 5.56 Å². The van der Waals surface area contributed by atoms with Crippen molar-refractivity contribution in [3.63, 3.8) is 0 Å².